The Morgan fingerprint density at radius 3 is 2.45 bits per heavy atom. The number of nitriles is 1. The van der Waals surface area contributed by atoms with Crippen LogP contribution in [0.5, 0.6) is 0 Å². The highest BCUT2D eigenvalue weighted by Crippen LogP contribution is 2.56. The van der Waals surface area contributed by atoms with E-state index in [1.54, 1.807) is 22.9 Å². The van der Waals surface area contributed by atoms with Crippen molar-refractivity contribution in [3.8, 4) is 17.2 Å². The van der Waals surface area contributed by atoms with Gasteiger partial charge in [0.2, 0.25) is 0 Å². The molecule has 2 aliphatic carbocycles. The SMILES string of the molecule is N#Cc1cc(-c2ccc(F)cc2)c2ccc(Cn3cc(C(O)(C4CC4)C4CC4)nn3)cc2n1. The van der Waals surface area contributed by atoms with Gasteiger partial charge in [0.25, 0.3) is 0 Å². The highest BCUT2D eigenvalue weighted by molar-refractivity contribution is 5.95. The third-order valence-electron chi connectivity index (χ3n) is 6.84. The van der Waals surface area contributed by atoms with Crippen LogP contribution in [0.25, 0.3) is 22.0 Å². The quantitative estimate of drug-likeness (QED) is 0.476. The van der Waals surface area contributed by atoms with E-state index >= 15 is 0 Å². The average Bonchev–Trinajstić information content (AvgIpc) is 3.76. The summed E-state index contributed by atoms with van der Waals surface area (Å²) in [6, 6.07) is 16.0. The van der Waals surface area contributed by atoms with Crippen LogP contribution in [-0.4, -0.2) is 25.1 Å². The highest BCUT2D eigenvalue weighted by Gasteiger charge is 2.55. The molecule has 0 saturated heterocycles. The molecule has 2 fully saturated rings. The third-order valence-corrected chi connectivity index (χ3v) is 6.84. The van der Waals surface area contributed by atoms with Gasteiger partial charge in [0.05, 0.1) is 18.3 Å². The summed E-state index contributed by atoms with van der Waals surface area (Å²) in [7, 11) is 0. The van der Waals surface area contributed by atoms with Crippen LogP contribution in [0.3, 0.4) is 0 Å². The molecule has 0 bridgehead atoms. The van der Waals surface area contributed by atoms with Crippen molar-refractivity contribution in [1.29, 1.82) is 5.26 Å². The van der Waals surface area contributed by atoms with Crippen molar-refractivity contribution in [1.82, 2.24) is 20.0 Å². The predicted molar refractivity (Wildman–Crippen MR) is 120 cm³/mol. The molecular formula is C26H22FN5O. The monoisotopic (exact) mass is 439 g/mol. The summed E-state index contributed by atoms with van der Waals surface area (Å²) in [5, 5.41) is 30.3. The molecule has 2 saturated carbocycles. The molecule has 7 heteroatoms. The Hall–Kier alpha value is -3.63. The van der Waals surface area contributed by atoms with Crippen LogP contribution in [0, 0.1) is 29.0 Å². The number of hydrogen-bond acceptors (Lipinski definition) is 5. The number of aromatic nitrogens is 4. The number of fused-ring (bicyclic) bond motifs is 1. The standard InChI is InChI=1S/C26H22FN5O/c27-20-8-2-17(3-9-20)23-12-21(13-28)29-24-11-16(1-10-22(23)24)14-32-15-25(30-31-32)26(33,18-4-5-18)19-6-7-19/h1-3,8-12,15,18-19,33H,4-7,14H2. The average molecular weight is 439 g/mol. The molecule has 0 atom stereocenters. The Morgan fingerprint density at radius 1 is 1.06 bits per heavy atom. The molecule has 164 valence electrons. The first kappa shape index (κ1) is 20.0. The molecular weight excluding hydrogens is 417 g/mol. The molecule has 2 heterocycles. The summed E-state index contributed by atoms with van der Waals surface area (Å²) in [6.45, 7) is 0.485. The summed E-state index contributed by atoms with van der Waals surface area (Å²) in [5.74, 6) is 0.297. The van der Waals surface area contributed by atoms with Gasteiger partial charge in [0.15, 0.2) is 0 Å². The summed E-state index contributed by atoms with van der Waals surface area (Å²) >= 11 is 0. The third kappa shape index (κ3) is 3.57. The van der Waals surface area contributed by atoms with Crippen LogP contribution >= 0.6 is 0 Å². The zero-order valence-corrected chi connectivity index (χ0v) is 17.9. The molecule has 0 unspecified atom stereocenters. The molecule has 6 nitrogen and oxygen atoms in total. The second-order valence-electron chi connectivity index (χ2n) is 9.20. The number of benzene rings is 2. The maximum atomic E-state index is 13.4. The van der Waals surface area contributed by atoms with Gasteiger partial charge in [-0.1, -0.05) is 29.5 Å². The van der Waals surface area contributed by atoms with Gasteiger partial charge in [-0.3, -0.25) is 0 Å². The molecule has 2 aromatic carbocycles. The van der Waals surface area contributed by atoms with Gasteiger partial charge in [0, 0.05) is 5.39 Å². The molecule has 2 aromatic heterocycles. The van der Waals surface area contributed by atoms with Crippen LogP contribution in [0.2, 0.25) is 0 Å². The van der Waals surface area contributed by atoms with Crippen LogP contribution in [0.1, 0.15) is 42.6 Å². The van der Waals surface area contributed by atoms with E-state index in [1.165, 1.54) is 12.1 Å². The van der Waals surface area contributed by atoms with E-state index in [2.05, 4.69) is 21.4 Å². The number of aliphatic hydroxyl groups is 1. The first-order valence-corrected chi connectivity index (χ1v) is 11.3. The van der Waals surface area contributed by atoms with Crippen molar-refractivity contribution in [2.75, 3.05) is 0 Å². The first-order valence-electron chi connectivity index (χ1n) is 11.3. The van der Waals surface area contributed by atoms with Gasteiger partial charge < -0.3 is 5.11 Å². The summed E-state index contributed by atoms with van der Waals surface area (Å²) in [5.41, 5.74) is 3.47. The molecule has 1 N–H and O–H groups in total. The first-order chi connectivity index (χ1) is 16.0. The molecule has 6 rings (SSSR count). The number of rotatable bonds is 6. The van der Waals surface area contributed by atoms with E-state index in [-0.39, 0.29) is 5.82 Å². The maximum Gasteiger partial charge on any atom is 0.141 e. The molecule has 0 amide bonds. The maximum absolute atomic E-state index is 13.4. The lowest BCUT2D eigenvalue weighted by Crippen LogP contribution is -2.31. The lowest BCUT2D eigenvalue weighted by atomic mass is 9.89. The fourth-order valence-electron chi connectivity index (χ4n) is 4.84. The molecule has 0 radical (unpaired) electrons. The van der Waals surface area contributed by atoms with Gasteiger partial charge >= 0.3 is 0 Å². The lowest BCUT2D eigenvalue weighted by molar-refractivity contribution is -0.0144. The topological polar surface area (TPSA) is 87.6 Å². The van der Waals surface area contributed by atoms with Crippen LogP contribution in [-0.2, 0) is 12.1 Å². The van der Waals surface area contributed by atoms with Crippen molar-refractivity contribution >= 4 is 10.9 Å². The van der Waals surface area contributed by atoms with E-state index in [1.807, 2.05) is 24.4 Å². The minimum atomic E-state index is -0.838. The fourth-order valence-corrected chi connectivity index (χ4v) is 4.84. The van der Waals surface area contributed by atoms with Crippen LogP contribution in [0.4, 0.5) is 4.39 Å². The molecule has 33 heavy (non-hydrogen) atoms. The van der Waals surface area contributed by atoms with Crippen molar-refractivity contribution in [3.63, 3.8) is 0 Å². The highest BCUT2D eigenvalue weighted by atomic mass is 19.1. The molecule has 2 aliphatic rings. The normalized spacial score (nSPS) is 16.2. The minimum Gasteiger partial charge on any atom is -0.383 e. The largest absolute Gasteiger partial charge is 0.383 e. The van der Waals surface area contributed by atoms with Crippen molar-refractivity contribution in [2.45, 2.75) is 37.8 Å². The van der Waals surface area contributed by atoms with Crippen LogP contribution < -0.4 is 0 Å². The van der Waals surface area contributed by atoms with E-state index < -0.39 is 5.60 Å². The Bertz CT molecular complexity index is 1380. The smallest absolute Gasteiger partial charge is 0.141 e. The molecule has 0 aliphatic heterocycles. The zero-order valence-electron chi connectivity index (χ0n) is 17.9. The summed E-state index contributed by atoms with van der Waals surface area (Å²) in [6.07, 6.45) is 6.06. The van der Waals surface area contributed by atoms with Gasteiger partial charge in [-0.25, -0.2) is 14.1 Å². The summed E-state index contributed by atoms with van der Waals surface area (Å²) < 4.78 is 15.1. The number of hydrogen-bond donors (Lipinski definition) is 1. The fraction of sp³-hybridized carbons (Fsp3) is 0.308. The van der Waals surface area contributed by atoms with Crippen LogP contribution in [0.15, 0.2) is 54.7 Å². The van der Waals surface area contributed by atoms with E-state index in [0.717, 1.165) is 47.8 Å². The van der Waals surface area contributed by atoms with E-state index in [0.29, 0.717) is 35.3 Å². The van der Waals surface area contributed by atoms with Gasteiger partial charge in [0.1, 0.15) is 28.9 Å². The van der Waals surface area contributed by atoms with Gasteiger partial charge in [-0.2, -0.15) is 5.26 Å². The second kappa shape index (κ2) is 7.46. The minimum absolute atomic E-state index is 0.300. The van der Waals surface area contributed by atoms with Gasteiger partial charge in [-0.05, 0) is 78.5 Å². The Labute approximate surface area is 190 Å². The molecule has 4 aromatic rings. The van der Waals surface area contributed by atoms with Gasteiger partial charge in [-0.15, -0.1) is 5.10 Å². The second-order valence-corrected chi connectivity index (χ2v) is 9.20. The Morgan fingerprint density at radius 2 is 1.79 bits per heavy atom. The van der Waals surface area contributed by atoms with Crippen molar-refractivity contribution in [3.05, 3.63) is 77.5 Å². The molecule has 0 spiro atoms. The number of pyridine rings is 1. The number of halogens is 1. The Kier molecular flexibility index (Phi) is 4.52. The lowest BCUT2D eigenvalue weighted by Gasteiger charge is -2.25. The van der Waals surface area contributed by atoms with Crippen molar-refractivity contribution in [2.24, 2.45) is 11.8 Å². The van der Waals surface area contributed by atoms with E-state index in [9.17, 15) is 14.8 Å². The summed E-state index contributed by atoms with van der Waals surface area (Å²) in [4.78, 5) is 4.49. The van der Waals surface area contributed by atoms with E-state index in [4.69, 9.17) is 0 Å². The van der Waals surface area contributed by atoms with Crippen molar-refractivity contribution < 1.29 is 9.50 Å². The zero-order chi connectivity index (χ0) is 22.6. The number of nitrogens with zero attached hydrogens (tertiary/aromatic N) is 5. The predicted octanol–water partition coefficient (Wildman–Crippen LogP) is 4.56. The Balaban J connectivity index is 1.33.